The molecular weight excluding hydrogens is 296 g/mol. The zero-order valence-electron chi connectivity index (χ0n) is 13.9. The van der Waals surface area contributed by atoms with Crippen molar-refractivity contribution in [3.63, 3.8) is 0 Å². The number of hydrogen-bond acceptors (Lipinski definition) is 4. The number of benzene rings is 1. The summed E-state index contributed by atoms with van der Waals surface area (Å²) in [4.78, 5) is 23.9. The number of amides is 2. The van der Waals surface area contributed by atoms with Gasteiger partial charge in [0.05, 0.1) is 0 Å². The van der Waals surface area contributed by atoms with Crippen LogP contribution in [0.25, 0.3) is 0 Å². The molecule has 0 saturated heterocycles. The first-order chi connectivity index (χ1) is 10.8. The molecule has 6 heteroatoms. The van der Waals surface area contributed by atoms with Crippen LogP contribution in [0.15, 0.2) is 43.0 Å². The minimum Gasteiger partial charge on any atom is -0.443 e. The lowest BCUT2D eigenvalue weighted by molar-refractivity contribution is 0.0121. The van der Waals surface area contributed by atoms with E-state index in [-0.39, 0.29) is 13.2 Å². The van der Waals surface area contributed by atoms with Crippen molar-refractivity contribution in [1.82, 2.24) is 10.4 Å². The second-order valence-electron chi connectivity index (χ2n) is 5.88. The molecule has 126 valence electrons. The van der Waals surface area contributed by atoms with E-state index >= 15 is 0 Å². The van der Waals surface area contributed by atoms with Crippen molar-refractivity contribution in [2.75, 3.05) is 6.54 Å². The molecule has 0 unspecified atom stereocenters. The molecule has 0 radical (unpaired) electrons. The molecule has 2 amide bonds. The summed E-state index contributed by atoms with van der Waals surface area (Å²) < 4.78 is 10.3. The fraction of sp³-hybridized carbons (Fsp3) is 0.412. The number of hydrogen-bond donors (Lipinski definition) is 1. The molecule has 1 aromatic carbocycles. The van der Waals surface area contributed by atoms with Crippen LogP contribution in [0.1, 0.15) is 32.8 Å². The van der Waals surface area contributed by atoms with Crippen LogP contribution in [0, 0.1) is 0 Å². The highest BCUT2D eigenvalue weighted by atomic mass is 16.6. The van der Waals surface area contributed by atoms with Gasteiger partial charge in [-0.1, -0.05) is 36.4 Å². The molecule has 1 N–H and O–H groups in total. The second-order valence-corrected chi connectivity index (χ2v) is 5.88. The molecule has 0 spiro atoms. The van der Waals surface area contributed by atoms with Crippen LogP contribution in [-0.2, 0) is 16.1 Å². The Balaban J connectivity index is 2.56. The normalized spacial score (nSPS) is 10.6. The van der Waals surface area contributed by atoms with Gasteiger partial charge in [-0.15, -0.1) is 6.58 Å². The lowest BCUT2D eigenvalue weighted by atomic mass is 10.2. The Morgan fingerprint density at radius 2 is 1.91 bits per heavy atom. The fourth-order valence-corrected chi connectivity index (χ4v) is 1.60. The number of nitrogens with zero attached hydrogens (tertiary/aromatic N) is 1. The summed E-state index contributed by atoms with van der Waals surface area (Å²) >= 11 is 0. The zero-order valence-corrected chi connectivity index (χ0v) is 13.9. The quantitative estimate of drug-likeness (QED) is 0.664. The molecule has 0 bridgehead atoms. The Bertz CT molecular complexity index is 523. The van der Waals surface area contributed by atoms with Gasteiger partial charge in [0.15, 0.2) is 0 Å². The van der Waals surface area contributed by atoms with Gasteiger partial charge in [0.25, 0.3) is 0 Å². The maximum absolute atomic E-state index is 12.1. The molecule has 0 fully saturated rings. The number of hydrazine groups is 1. The van der Waals surface area contributed by atoms with E-state index in [1.165, 1.54) is 0 Å². The van der Waals surface area contributed by atoms with Crippen LogP contribution in [0.5, 0.6) is 0 Å². The largest absolute Gasteiger partial charge is 0.443 e. The molecule has 0 aromatic heterocycles. The maximum atomic E-state index is 12.1. The summed E-state index contributed by atoms with van der Waals surface area (Å²) in [6.45, 7) is 9.23. The van der Waals surface area contributed by atoms with E-state index in [2.05, 4.69) is 12.0 Å². The number of rotatable bonds is 5. The molecule has 0 aliphatic heterocycles. The van der Waals surface area contributed by atoms with Crippen molar-refractivity contribution in [2.45, 2.75) is 39.4 Å². The van der Waals surface area contributed by atoms with E-state index in [9.17, 15) is 9.59 Å². The number of carbonyl (C=O) groups excluding carboxylic acids is 2. The van der Waals surface area contributed by atoms with Crippen molar-refractivity contribution < 1.29 is 19.1 Å². The van der Waals surface area contributed by atoms with Crippen molar-refractivity contribution in [3.05, 3.63) is 48.6 Å². The lowest BCUT2D eigenvalue weighted by Gasteiger charge is -2.27. The lowest BCUT2D eigenvalue weighted by Crippen LogP contribution is -2.48. The summed E-state index contributed by atoms with van der Waals surface area (Å²) in [6, 6.07) is 9.28. The third-order valence-corrected chi connectivity index (χ3v) is 2.61. The molecule has 0 atom stereocenters. The third-order valence-electron chi connectivity index (χ3n) is 2.61. The Morgan fingerprint density at radius 3 is 2.48 bits per heavy atom. The van der Waals surface area contributed by atoms with Gasteiger partial charge in [-0.25, -0.2) is 20.0 Å². The molecule has 0 saturated carbocycles. The van der Waals surface area contributed by atoms with Crippen LogP contribution in [0.2, 0.25) is 0 Å². The summed E-state index contributed by atoms with van der Waals surface area (Å²) in [5.41, 5.74) is 2.60. The smallest absolute Gasteiger partial charge is 0.429 e. The predicted molar refractivity (Wildman–Crippen MR) is 87.5 cm³/mol. The van der Waals surface area contributed by atoms with Crippen LogP contribution in [0.3, 0.4) is 0 Å². The molecule has 0 aliphatic rings. The van der Waals surface area contributed by atoms with Gasteiger partial charge in [0.2, 0.25) is 0 Å². The molecule has 1 rings (SSSR count). The van der Waals surface area contributed by atoms with Crippen LogP contribution in [0.4, 0.5) is 9.59 Å². The van der Waals surface area contributed by atoms with Gasteiger partial charge in [-0.05, 0) is 32.8 Å². The van der Waals surface area contributed by atoms with Gasteiger partial charge in [0, 0.05) is 6.54 Å². The highest BCUT2D eigenvalue weighted by Crippen LogP contribution is 2.09. The van der Waals surface area contributed by atoms with E-state index in [1.807, 2.05) is 30.3 Å². The SMILES string of the molecule is C=CCCN(NC(=O)OCc1ccccc1)C(=O)OC(C)(C)C. The minimum atomic E-state index is -0.719. The first-order valence-electron chi connectivity index (χ1n) is 7.40. The Morgan fingerprint density at radius 1 is 1.26 bits per heavy atom. The minimum absolute atomic E-state index is 0.121. The van der Waals surface area contributed by atoms with E-state index in [0.29, 0.717) is 6.42 Å². The first kappa shape index (κ1) is 18.5. The highest BCUT2D eigenvalue weighted by Gasteiger charge is 2.23. The second kappa shape index (κ2) is 8.82. The molecule has 6 nitrogen and oxygen atoms in total. The average Bonchev–Trinajstić information content (AvgIpc) is 2.48. The summed E-state index contributed by atoms with van der Waals surface area (Å²) in [7, 11) is 0. The summed E-state index contributed by atoms with van der Waals surface area (Å²) in [5, 5.41) is 1.08. The van der Waals surface area contributed by atoms with Crippen molar-refractivity contribution in [1.29, 1.82) is 0 Å². The van der Waals surface area contributed by atoms with Gasteiger partial charge in [0.1, 0.15) is 12.2 Å². The van der Waals surface area contributed by atoms with E-state index in [4.69, 9.17) is 9.47 Å². The van der Waals surface area contributed by atoms with Gasteiger partial charge >= 0.3 is 12.2 Å². The van der Waals surface area contributed by atoms with Gasteiger partial charge in [-0.2, -0.15) is 0 Å². The Hall–Kier alpha value is -2.50. The van der Waals surface area contributed by atoms with Gasteiger partial charge < -0.3 is 9.47 Å². The maximum Gasteiger partial charge on any atom is 0.429 e. The zero-order chi connectivity index (χ0) is 17.3. The monoisotopic (exact) mass is 320 g/mol. The third kappa shape index (κ3) is 7.90. The van der Waals surface area contributed by atoms with Crippen LogP contribution >= 0.6 is 0 Å². The van der Waals surface area contributed by atoms with Crippen LogP contribution < -0.4 is 5.43 Å². The van der Waals surface area contributed by atoms with Crippen molar-refractivity contribution in [2.24, 2.45) is 0 Å². The van der Waals surface area contributed by atoms with Crippen LogP contribution in [-0.4, -0.2) is 29.3 Å². The molecule has 0 heterocycles. The number of carbonyl (C=O) groups is 2. The number of nitrogens with one attached hydrogen (secondary N) is 1. The van der Waals surface area contributed by atoms with E-state index < -0.39 is 17.8 Å². The van der Waals surface area contributed by atoms with Gasteiger partial charge in [-0.3, -0.25) is 0 Å². The average molecular weight is 320 g/mol. The fourth-order valence-electron chi connectivity index (χ4n) is 1.60. The summed E-state index contributed by atoms with van der Waals surface area (Å²) in [5.74, 6) is 0. The predicted octanol–water partition coefficient (Wildman–Crippen LogP) is 3.64. The van der Waals surface area contributed by atoms with E-state index in [1.54, 1.807) is 26.8 Å². The Labute approximate surface area is 137 Å². The molecule has 23 heavy (non-hydrogen) atoms. The van der Waals surface area contributed by atoms with E-state index in [0.717, 1.165) is 10.6 Å². The molecule has 1 aromatic rings. The Kier molecular flexibility index (Phi) is 7.12. The van der Waals surface area contributed by atoms with Crippen molar-refractivity contribution in [3.8, 4) is 0 Å². The topological polar surface area (TPSA) is 67.9 Å². The highest BCUT2D eigenvalue weighted by molar-refractivity contribution is 5.74. The first-order valence-corrected chi connectivity index (χ1v) is 7.40. The summed E-state index contributed by atoms with van der Waals surface area (Å²) in [6.07, 6.45) is 0.798. The number of ether oxygens (including phenoxy) is 2. The molecular formula is C17H24N2O4. The molecule has 0 aliphatic carbocycles. The van der Waals surface area contributed by atoms with Crippen molar-refractivity contribution >= 4 is 12.2 Å². The standard InChI is InChI=1S/C17H24N2O4/c1-5-6-12-19(16(21)23-17(2,3)4)18-15(20)22-13-14-10-8-7-9-11-14/h5,7-11H,1,6,12-13H2,2-4H3,(H,18,20).